The largest absolute Gasteiger partial charge is 0.390 e. The molecule has 0 unspecified atom stereocenters. The van der Waals surface area contributed by atoms with Crippen LogP contribution >= 0.6 is 11.6 Å². The van der Waals surface area contributed by atoms with E-state index >= 15 is 0 Å². The van der Waals surface area contributed by atoms with Gasteiger partial charge in [0, 0.05) is 18.9 Å². The number of amidine groups is 1. The number of rotatable bonds is 1. The molecule has 0 radical (unpaired) electrons. The molecule has 3 N–H and O–H groups in total. The van der Waals surface area contributed by atoms with Crippen LogP contribution in [0, 0.1) is 5.41 Å². The van der Waals surface area contributed by atoms with E-state index in [1.807, 2.05) is 14.0 Å². The lowest BCUT2D eigenvalue weighted by Gasteiger charge is -2.06. The van der Waals surface area contributed by atoms with E-state index in [0.29, 0.717) is 5.71 Å². The van der Waals surface area contributed by atoms with Gasteiger partial charge < -0.3 is 10.6 Å². The Morgan fingerprint density at radius 1 is 1.69 bits per heavy atom. The predicted octanol–water partition coefficient (Wildman–Crippen LogP) is 1.17. The number of nitrogens with one attached hydrogen (secondary N) is 3. The van der Waals surface area contributed by atoms with Crippen molar-refractivity contribution in [3.05, 3.63) is 23.7 Å². The third-order valence-corrected chi connectivity index (χ3v) is 1.78. The van der Waals surface area contributed by atoms with Gasteiger partial charge in [0.05, 0.1) is 11.4 Å². The van der Waals surface area contributed by atoms with Crippen LogP contribution in [0.3, 0.4) is 0 Å². The van der Waals surface area contributed by atoms with Crippen LogP contribution in [0.25, 0.3) is 0 Å². The number of halogens is 1. The average molecular weight is 199 g/mol. The summed E-state index contributed by atoms with van der Waals surface area (Å²) < 4.78 is 0. The summed E-state index contributed by atoms with van der Waals surface area (Å²) in [5, 5.41) is 12.8. The van der Waals surface area contributed by atoms with Crippen LogP contribution in [0.15, 0.2) is 28.7 Å². The predicted molar refractivity (Wildman–Crippen MR) is 55.1 cm³/mol. The first kappa shape index (κ1) is 9.80. The molecule has 1 aliphatic rings. The first-order valence-corrected chi connectivity index (χ1v) is 4.17. The Morgan fingerprint density at radius 2 is 2.38 bits per heavy atom. The van der Waals surface area contributed by atoms with Crippen LogP contribution in [0.4, 0.5) is 0 Å². The molecule has 0 aromatic heterocycles. The molecule has 0 aliphatic carbocycles. The lowest BCUT2D eigenvalue weighted by Crippen LogP contribution is -2.16. The van der Waals surface area contributed by atoms with Gasteiger partial charge in [-0.1, -0.05) is 0 Å². The Morgan fingerprint density at radius 3 is 2.92 bits per heavy atom. The maximum atomic E-state index is 7.02. The van der Waals surface area contributed by atoms with Gasteiger partial charge in [0.1, 0.15) is 0 Å². The zero-order chi connectivity index (χ0) is 9.84. The zero-order valence-electron chi connectivity index (χ0n) is 7.48. The van der Waals surface area contributed by atoms with Gasteiger partial charge in [0.15, 0.2) is 0 Å². The second-order valence-corrected chi connectivity index (χ2v) is 2.87. The molecule has 0 atom stereocenters. The molecule has 1 rings (SSSR count). The van der Waals surface area contributed by atoms with E-state index < -0.39 is 0 Å². The van der Waals surface area contributed by atoms with Gasteiger partial charge in [-0.05, 0) is 24.6 Å². The number of hydrogen-bond donors (Lipinski definition) is 3. The average Bonchev–Trinajstić information content (AvgIpc) is 2.50. The Labute approximate surface area is 81.9 Å². The molecule has 70 valence electrons. The van der Waals surface area contributed by atoms with Gasteiger partial charge in [0.25, 0.3) is 0 Å². The van der Waals surface area contributed by atoms with E-state index in [4.69, 9.17) is 17.0 Å². The maximum absolute atomic E-state index is 7.02. The molecule has 0 amide bonds. The van der Waals surface area contributed by atoms with E-state index in [0.717, 1.165) is 11.4 Å². The molecule has 0 aromatic rings. The summed E-state index contributed by atoms with van der Waals surface area (Å²) in [4.78, 5) is 3.85. The first-order chi connectivity index (χ1) is 6.15. The fourth-order valence-electron chi connectivity index (χ4n) is 0.985. The van der Waals surface area contributed by atoms with Gasteiger partial charge in [-0.15, -0.1) is 0 Å². The minimum absolute atomic E-state index is 0.218. The van der Waals surface area contributed by atoms with Crippen LogP contribution in [0.5, 0.6) is 0 Å². The van der Waals surface area contributed by atoms with E-state index in [9.17, 15) is 0 Å². The summed E-state index contributed by atoms with van der Waals surface area (Å²) in [7, 11) is 1.83. The molecule has 13 heavy (non-hydrogen) atoms. The Bertz CT molecular complexity index is 314. The van der Waals surface area contributed by atoms with Crippen molar-refractivity contribution in [2.45, 2.75) is 6.92 Å². The van der Waals surface area contributed by atoms with Crippen LogP contribution in [0.1, 0.15) is 6.92 Å². The standard InChI is InChI=1S/C8H11ClN4/c1-5(11-2)7-6(3-4-12-7)13-8(9)10/h3-4,10-12H,1-2H3/b7-5-,10-8?,13-6-. The highest BCUT2D eigenvalue weighted by molar-refractivity contribution is 6.65. The smallest absolute Gasteiger partial charge is 0.215 e. The van der Waals surface area contributed by atoms with E-state index in [1.54, 1.807) is 12.3 Å². The summed E-state index contributed by atoms with van der Waals surface area (Å²) in [6.07, 6.45) is 3.53. The topological polar surface area (TPSA) is 60.3 Å². The van der Waals surface area contributed by atoms with Crippen molar-refractivity contribution in [2.24, 2.45) is 4.99 Å². The third kappa shape index (κ3) is 2.32. The Kier molecular flexibility index (Phi) is 3.08. The van der Waals surface area contributed by atoms with E-state index in [1.165, 1.54) is 0 Å². The molecule has 0 fully saturated rings. The van der Waals surface area contributed by atoms with Crippen molar-refractivity contribution in [1.82, 2.24) is 10.6 Å². The van der Waals surface area contributed by atoms with Crippen molar-refractivity contribution in [2.75, 3.05) is 7.05 Å². The fraction of sp³-hybridized carbons (Fsp3) is 0.250. The summed E-state index contributed by atoms with van der Waals surface area (Å²) in [6.45, 7) is 1.92. The fourth-order valence-corrected chi connectivity index (χ4v) is 1.08. The van der Waals surface area contributed by atoms with Crippen LogP contribution < -0.4 is 10.6 Å². The van der Waals surface area contributed by atoms with Crippen LogP contribution in [-0.4, -0.2) is 18.1 Å². The normalized spacial score (nSPS) is 21.6. The summed E-state index contributed by atoms with van der Waals surface area (Å²) in [6, 6.07) is 0. The number of hydrogen-bond acceptors (Lipinski definition) is 3. The summed E-state index contributed by atoms with van der Waals surface area (Å²) in [5.74, 6) is 0. The van der Waals surface area contributed by atoms with Gasteiger partial charge in [-0.2, -0.15) is 0 Å². The zero-order valence-corrected chi connectivity index (χ0v) is 8.24. The third-order valence-electron chi connectivity index (χ3n) is 1.69. The molecular weight excluding hydrogens is 188 g/mol. The van der Waals surface area contributed by atoms with Crippen molar-refractivity contribution in [1.29, 1.82) is 5.41 Å². The van der Waals surface area contributed by atoms with Crippen molar-refractivity contribution >= 4 is 22.6 Å². The molecule has 0 bridgehead atoms. The van der Waals surface area contributed by atoms with Crippen molar-refractivity contribution in [3.63, 3.8) is 0 Å². The van der Waals surface area contributed by atoms with Gasteiger partial charge in [-0.25, -0.2) is 4.99 Å². The minimum atomic E-state index is -0.218. The SMILES string of the molecule is CN/C(C)=C1\NC=C\C1=N\C(=N)Cl. The molecule has 1 heterocycles. The number of nitrogens with zero attached hydrogens (tertiary/aromatic N) is 1. The summed E-state index contributed by atoms with van der Waals surface area (Å²) in [5.41, 5.74) is 2.49. The Hall–Kier alpha value is -1.29. The highest BCUT2D eigenvalue weighted by atomic mass is 35.5. The second-order valence-electron chi connectivity index (χ2n) is 2.52. The van der Waals surface area contributed by atoms with Gasteiger partial charge in [0.2, 0.25) is 5.29 Å². The van der Waals surface area contributed by atoms with Gasteiger partial charge in [-0.3, -0.25) is 5.41 Å². The van der Waals surface area contributed by atoms with Crippen molar-refractivity contribution in [3.8, 4) is 0 Å². The molecular formula is C8H11ClN4. The van der Waals surface area contributed by atoms with Crippen LogP contribution in [0.2, 0.25) is 0 Å². The monoisotopic (exact) mass is 198 g/mol. The minimum Gasteiger partial charge on any atom is -0.390 e. The van der Waals surface area contributed by atoms with Crippen LogP contribution in [-0.2, 0) is 0 Å². The highest BCUT2D eigenvalue weighted by Gasteiger charge is 2.11. The molecule has 0 saturated carbocycles. The Balaban J connectivity index is 2.98. The molecule has 5 heteroatoms. The molecule has 4 nitrogen and oxygen atoms in total. The van der Waals surface area contributed by atoms with E-state index in [2.05, 4.69) is 15.6 Å². The highest BCUT2D eigenvalue weighted by Crippen LogP contribution is 2.08. The lowest BCUT2D eigenvalue weighted by atomic mass is 10.2. The second kappa shape index (κ2) is 4.09. The quantitative estimate of drug-likeness (QED) is 0.337. The van der Waals surface area contributed by atoms with E-state index in [-0.39, 0.29) is 5.29 Å². The lowest BCUT2D eigenvalue weighted by molar-refractivity contribution is 0.944. The molecule has 0 aromatic carbocycles. The molecule has 0 saturated heterocycles. The molecule has 1 aliphatic heterocycles. The van der Waals surface area contributed by atoms with Crippen molar-refractivity contribution < 1.29 is 0 Å². The van der Waals surface area contributed by atoms with Gasteiger partial charge >= 0.3 is 0 Å². The molecule has 0 spiro atoms. The number of allylic oxidation sites excluding steroid dienone is 2. The maximum Gasteiger partial charge on any atom is 0.215 e. The summed E-state index contributed by atoms with van der Waals surface area (Å²) >= 11 is 5.36. The first-order valence-electron chi connectivity index (χ1n) is 3.80. The number of aliphatic imine (C=N–C) groups is 1.